The number of carbonyl (C=O) groups excluding carboxylic acids is 2. The van der Waals surface area contributed by atoms with Crippen LogP contribution in [0.2, 0.25) is 0 Å². The van der Waals surface area contributed by atoms with Crippen LogP contribution >= 0.6 is 0 Å². The van der Waals surface area contributed by atoms with E-state index < -0.39 is 6.09 Å². The van der Waals surface area contributed by atoms with E-state index in [0.717, 1.165) is 24.8 Å². The SMILES string of the molecule is CNC(=O)c1cc(C(=O)NCCC2CCN(C(=O)O)CC2)cc(Cc2ccccc2)n1. The molecule has 2 heterocycles. The van der Waals surface area contributed by atoms with Gasteiger partial charge in [0.1, 0.15) is 5.69 Å². The monoisotopic (exact) mass is 424 g/mol. The average molecular weight is 425 g/mol. The zero-order valence-corrected chi connectivity index (χ0v) is 17.6. The molecule has 1 saturated heterocycles. The Hall–Kier alpha value is -3.42. The van der Waals surface area contributed by atoms with Crippen LogP contribution in [0.4, 0.5) is 4.79 Å². The molecule has 1 fully saturated rings. The number of nitrogens with one attached hydrogen (secondary N) is 2. The van der Waals surface area contributed by atoms with E-state index in [9.17, 15) is 14.4 Å². The van der Waals surface area contributed by atoms with Gasteiger partial charge in [-0.1, -0.05) is 30.3 Å². The second kappa shape index (κ2) is 10.6. The molecule has 0 atom stereocenters. The van der Waals surface area contributed by atoms with Crippen LogP contribution < -0.4 is 10.6 Å². The quantitative estimate of drug-likeness (QED) is 0.632. The number of amides is 3. The van der Waals surface area contributed by atoms with Crippen LogP contribution in [0, 0.1) is 5.92 Å². The summed E-state index contributed by atoms with van der Waals surface area (Å²) >= 11 is 0. The molecule has 1 aromatic heterocycles. The summed E-state index contributed by atoms with van der Waals surface area (Å²) in [5, 5.41) is 14.5. The van der Waals surface area contributed by atoms with Crippen molar-refractivity contribution >= 4 is 17.9 Å². The number of nitrogens with zero attached hydrogens (tertiary/aromatic N) is 2. The molecular formula is C23H28N4O4. The molecule has 0 unspecified atom stereocenters. The number of rotatable bonds is 7. The Labute approximate surface area is 181 Å². The number of likely N-dealkylation sites (tertiary alicyclic amines) is 1. The van der Waals surface area contributed by atoms with E-state index in [2.05, 4.69) is 15.6 Å². The van der Waals surface area contributed by atoms with Crippen LogP contribution in [-0.2, 0) is 6.42 Å². The number of carbonyl (C=O) groups is 3. The Bertz CT molecular complexity index is 924. The maximum Gasteiger partial charge on any atom is 0.407 e. The first kappa shape index (κ1) is 22.3. The van der Waals surface area contributed by atoms with Crippen molar-refractivity contribution in [2.45, 2.75) is 25.7 Å². The van der Waals surface area contributed by atoms with E-state index >= 15 is 0 Å². The summed E-state index contributed by atoms with van der Waals surface area (Å²) in [5.74, 6) is -0.192. The second-order valence-corrected chi connectivity index (χ2v) is 7.73. The Balaban J connectivity index is 1.62. The summed E-state index contributed by atoms with van der Waals surface area (Å²) in [6, 6.07) is 13.0. The Morgan fingerprint density at radius 2 is 1.81 bits per heavy atom. The van der Waals surface area contributed by atoms with E-state index in [0.29, 0.717) is 43.2 Å². The predicted molar refractivity (Wildman–Crippen MR) is 116 cm³/mol. The third kappa shape index (κ3) is 6.28. The minimum absolute atomic E-state index is 0.210. The molecule has 0 radical (unpaired) electrons. The van der Waals surface area contributed by atoms with Gasteiger partial charge in [-0.2, -0.15) is 0 Å². The largest absolute Gasteiger partial charge is 0.465 e. The van der Waals surface area contributed by atoms with Crippen LogP contribution in [0.5, 0.6) is 0 Å². The first-order valence-corrected chi connectivity index (χ1v) is 10.5. The van der Waals surface area contributed by atoms with Crippen molar-refractivity contribution in [3.63, 3.8) is 0 Å². The van der Waals surface area contributed by atoms with Gasteiger partial charge >= 0.3 is 6.09 Å². The van der Waals surface area contributed by atoms with Gasteiger partial charge in [0.25, 0.3) is 11.8 Å². The molecule has 2 aromatic rings. The van der Waals surface area contributed by atoms with Crippen LogP contribution in [0.25, 0.3) is 0 Å². The van der Waals surface area contributed by atoms with E-state index in [-0.39, 0.29) is 17.5 Å². The zero-order valence-electron chi connectivity index (χ0n) is 17.6. The molecule has 3 amide bonds. The van der Waals surface area contributed by atoms with Crippen molar-refractivity contribution in [1.29, 1.82) is 0 Å². The number of benzene rings is 1. The first-order valence-electron chi connectivity index (χ1n) is 10.5. The molecule has 0 aliphatic carbocycles. The summed E-state index contributed by atoms with van der Waals surface area (Å²) in [7, 11) is 1.53. The third-order valence-corrected chi connectivity index (χ3v) is 5.55. The summed E-state index contributed by atoms with van der Waals surface area (Å²) in [4.78, 5) is 41.7. The molecule has 3 N–H and O–H groups in total. The second-order valence-electron chi connectivity index (χ2n) is 7.73. The van der Waals surface area contributed by atoms with Gasteiger partial charge in [0.05, 0.1) is 0 Å². The summed E-state index contributed by atoms with van der Waals surface area (Å²) in [6.07, 6.45) is 2.05. The van der Waals surface area contributed by atoms with Gasteiger partial charge in [-0.3, -0.25) is 9.59 Å². The highest BCUT2D eigenvalue weighted by atomic mass is 16.4. The Kier molecular flexibility index (Phi) is 7.59. The third-order valence-electron chi connectivity index (χ3n) is 5.55. The van der Waals surface area contributed by atoms with Crippen LogP contribution in [0.3, 0.4) is 0 Å². The zero-order chi connectivity index (χ0) is 22.2. The number of carboxylic acid groups (broad SMARTS) is 1. The molecule has 1 aliphatic heterocycles. The van der Waals surface area contributed by atoms with Gasteiger partial charge in [-0.05, 0) is 42.9 Å². The molecule has 1 aromatic carbocycles. The van der Waals surface area contributed by atoms with E-state index in [1.807, 2.05) is 30.3 Å². The molecule has 164 valence electrons. The molecule has 0 saturated carbocycles. The molecule has 3 rings (SSSR count). The van der Waals surface area contributed by atoms with Crippen molar-refractivity contribution in [2.24, 2.45) is 5.92 Å². The number of hydrogen-bond donors (Lipinski definition) is 3. The lowest BCUT2D eigenvalue weighted by atomic mass is 9.94. The van der Waals surface area contributed by atoms with E-state index in [1.54, 1.807) is 6.07 Å². The van der Waals surface area contributed by atoms with Crippen LogP contribution in [-0.4, -0.2) is 59.6 Å². The standard InChI is InChI=1S/C23H28N4O4/c1-24-22(29)20-15-18(14-19(26-20)13-17-5-3-2-4-6-17)21(28)25-10-7-16-8-11-27(12-9-16)23(30)31/h2-6,14-16H,7-13H2,1H3,(H,24,29)(H,25,28)(H,30,31). The molecule has 1 aliphatic rings. The summed E-state index contributed by atoms with van der Waals surface area (Å²) < 4.78 is 0. The fourth-order valence-electron chi connectivity index (χ4n) is 3.76. The minimum Gasteiger partial charge on any atom is -0.465 e. The lowest BCUT2D eigenvalue weighted by Gasteiger charge is -2.29. The first-order chi connectivity index (χ1) is 15.0. The fraction of sp³-hybridized carbons (Fsp3) is 0.391. The van der Waals surface area contributed by atoms with Gasteiger partial charge in [-0.25, -0.2) is 9.78 Å². The van der Waals surface area contributed by atoms with Gasteiger partial charge in [0.2, 0.25) is 0 Å². The molecule has 8 heteroatoms. The van der Waals surface area contributed by atoms with Crippen molar-refractivity contribution in [1.82, 2.24) is 20.5 Å². The lowest BCUT2D eigenvalue weighted by molar-refractivity contribution is 0.0948. The van der Waals surface area contributed by atoms with Crippen molar-refractivity contribution in [3.05, 3.63) is 65.0 Å². The van der Waals surface area contributed by atoms with E-state index in [4.69, 9.17) is 5.11 Å². The van der Waals surface area contributed by atoms with Crippen LogP contribution in [0.1, 0.15) is 51.4 Å². The summed E-state index contributed by atoms with van der Waals surface area (Å²) in [5.41, 5.74) is 2.31. The predicted octanol–water partition coefficient (Wildman–Crippen LogP) is 2.54. The van der Waals surface area contributed by atoms with Gasteiger partial charge < -0.3 is 20.6 Å². The average Bonchev–Trinajstić information content (AvgIpc) is 2.79. The fourth-order valence-corrected chi connectivity index (χ4v) is 3.76. The number of aromatic nitrogens is 1. The molecule has 0 spiro atoms. The van der Waals surface area contributed by atoms with Crippen molar-refractivity contribution < 1.29 is 19.5 Å². The maximum absolute atomic E-state index is 12.7. The highest BCUT2D eigenvalue weighted by Crippen LogP contribution is 2.20. The van der Waals surface area contributed by atoms with Crippen molar-refractivity contribution in [2.75, 3.05) is 26.7 Å². The van der Waals surface area contributed by atoms with Crippen molar-refractivity contribution in [3.8, 4) is 0 Å². The molecular weight excluding hydrogens is 396 g/mol. The highest BCUT2D eigenvalue weighted by molar-refractivity contribution is 5.98. The molecule has 8 nitrogen and oxygen atoms in total. The number of pyridine rings is 1. The topological polar surface area (TPSA) is 112 Å². The van der Waals surface area contributed by atoms with Gasteiger partial charge in [0.15, 0.2) is 0 Å². The maximum atomic E-state index is 12.7. The molecule has 31 heavy (non-hydrogen) atoms. The summed E-state index contributed by atoms with van der Waals surface area (Å²) in [6.45, 7) is 1.58. The van der Waals surface area contributed by atoms with Crippen LogP contribution in [0.15, 0.2) is 42.5 Å². The number of piperidine rings is 1. The highest BCUT2D eigenvalue weighted by Gasteiger charge is 2.22. The molecule has 0 bridgehead atoms. The van der Waals surface area contributed by atoms with Gasteiger partial charge in [-0.15, -0.1) is 0 Å². The lowest BCUT2D eigenvalue weighted by Crippen LogP contribution is -2.38. The normalized spacial score (nSPS) is 14.2. The minimum atomic E-state index is -0.873. The smallest absolute Gasteiger partial charge is 0.407 e. The Morgan fingerprint density at radius 3 is 2.45 bits per heavy atom. The Morgan fingerprint density at radius 1 is 1.10 bits per heavy atom. The van der Waals surface area contributed by atoms with E-state index in [1.165, 1.54) is 18.0 Å². The number of hydrogen-bond acceptors (Lipinski definition) is 4. The van der Waals surface area contributed by atoms with Gasteiger partial charge in [0, 0.05) is 44.4 Å².